The summed E-state index contributed by atoms with van der Waals surface area (Å²) >= 11 is 0. The molecule has 2 aromatic rings. The molecule has 1 aliphatic carbocycles. The van der Waals surface area contributed by atoms with E-state index in [2.05, 4.69) is 52.0 Å². The zero-order chi connectivity index (χ0) is 17.9. The Morgan fingerprint density at radius 1 is 1.08 bits per heavy atom. The molecule has 0 N–H and O–H groups in total. The van der Waals surface area contributed by atoms with Crippen molar-refractivity contribution in [2.45, 2.75) is 32.7 Å². The smallest absolute Gasteiger partial charge is 0.226 e. The van der Waals surface area contributed by atoms with E-state index >= 15 is 0 Å². The number of rotatable bonds is 3. The number of carbonyl (C=O) groups excluding carboxylic acids is 1. The van der Waals surface area contributed by atoms with Crippen LogP contribution in [0.15, 0.2) is 42.6 Å². The average Bonchev–Trinajstić information content (AvgIpc) is 2.69. The van der Waals surface area contributed by atoms with Crippen LogP contribution >= 0.6 is 0 Å². The summed E-state index contributed by atoms with van der Waals surface area (Å²) in [6.45, 7) is 6.54. The van der Waals surface area contributed by atoms with Gasteiger partial charge in [-0.1, -0.05) is 30.3 Å². The number of pyridine rings is 1. The largest absolute Gasteiger partial charge is 0.340 e. The van der Waals surface area contributed by atoms with Crippen LogP contribution in [0.25, 0.3) is 0 Å². The summed E-state index contributed by atoms with van der Waals surface area (Å²) in [7, 11) is 0. The van der Waals surface area contributed by atoms with E-state index in [0.29, 0.717) is 5.91 Å². The number of hydrogen-bond acceptors (Lipinski definition) is 3. The van der Waals surface area contributed by atoms with Crippen molar-refractivity contribution in [3.8, 4) is 0 Å². The first-order valence-corrected chi connectivity index (χ1v) is 9.69. The summed E-state index contributed by atoms with van der Waals surface area (Å²) in [5.74, 6) is 0.516. The molecule has 0 saturated carbocycles. The van der Waals surface area contributed by atoms with Gasteiger partial charge in [0.25, 0.3) is 0 Å². The quantitative estimate of drug-likeness (QED) is 0.855. The number of hydrogen-bond donors (Lipinski definition) is 0. The Labute approximate surface area is 155 Å². The molecule has 2 heterocycles. The Balaban J connectivity index is 1.32. The number of amides is 1. The Morgan fingerprint density at radius 3 is 2.62 bits per heavy atom. The van der Waals surface area contributed by atoms with Gasteiger partial charge < -0.3 is 4.90 Å². The standard InChI is InChI=1S/C22H27N3O/c1-17-5-4-10-23-21(17)16-24-11-13-25(14-12-24)22(26)20-9-8-18-6-2-3-7-19(18)15-20/h2-7,10,20H,8-9,11-16H2,1H3. The number of fused-ring (bicyclic) bond motifs is 1. The predicted molar refractivity (Wildman–Crippen MR) is 103 cm³/mol. The molecule has 4 rings (SSSR count). The molecule has 0 bridgehead atoms. The van der Waals surface area contributed by atoms with Gasteiger partial charge in [-0.2, -0.15) is 0 Å². The molecule has 4 heteroatoms. The Bertz CT molecular complexity index is 780. The van der Waals surface area contributed by atoms with Gasteiger partial charge in [0.15, 0.2) is 0 Å². The Morgan fingerprint density at radius 2 is 1.85 bits per heavy atom. The molecule has 1 amide bonds. The molecular weight excluding hydrogens is 322 g/mol. The van der Waals surface area contributed by atoms with Gasteiger partial charge in [0, 0.05) is 44.8 Å². The first-order valence-electron chi connectivity index (χ1n) is 9.69. The van der Waals surface area contributed by atoms with E-state index in [-0.39, 0.29) is 5.92 Å². The summed E-state index contributed by atoms with van der Waals surface area (Å²) in [5, 5.41) is 0. The number of piperazine rings is 1. The van der Waals surface area contributed by atoms with E-state index in [9.17, 15) is 4.79 Å². The zero-order valence-electron chi connectivity index (χ0n) is 15.5. The minimum absolute atomic E-state index is 0.162. The van der Waals surface area contributed by atoms with Crippen LogP contribution in [0.4, 0.5) is 0 Å². The minimum Gasteiger partial charge on any atom is -0.340 e. The molecule has 1 saturated heterocycles. The third-order valence-electron chi connectivity index (χ3n) is 5.87. The molecule has 1 fully saturated rings. The van der Waals surface area contributed by atoms with Crippen LogP contribution < -0.4 is 0 Å². The number of benzene rings is 1. The highest BCUT2D eigenvalue weighted by molar-refractivity contribution is 5.79. The molecular formula is C22H27N3O. The topological polar surface area (TPSA) is 36.4 Å². The number of carbonyl (C=O) groups is 1. The van der Waals surface area contributed by atoms with Crippen LogP contribution in [0.1, 0.15) is 28.8 Å². The summed E-state index contributed by atoms with van der Waals surface area (Å²) in [4.78, 5) is 22.0. The molecule has 136 valence electrons. The van der Waals surface area contributed by atoms with Gasteiger partial charge in [-0.15, -0.1) is 0 Å². The normalized spacial score (nSPS) is 20.7. The zero-order valence-corrected chi connectivity index (χ0v) is 15.5. The maximum Gasteiger partial charge on any atom is 0.226 e. The third-order valence-corrected chi connectivity index (χ3v) is 5.87. The Hall–Kier alpha value is -2.20. The van der Waals surface area contributed by atoms with E-state index in [1.54, 1.807) is 0 Å². The highest BCUT2D eigenvalue weighted by Crippen LogP contribution is 2.27. The summed E-state index contributed by atoms with van der Waals surface area (Å²) in [6.07, 6.45) is 4.79. The van der Waals surface area contributed by atoms with Gasteiger partial charge in [0.1, 0.15) is 0 Å². The van der Waals surface area contributed by atoms with Crippen molar-refractivity contribution in [3.05, 3.63) is 65.0 Å². The SMILES string of the molecule is Cc1cccnc1CN1CCN(C(=O)C2CCc3ccccc3C2)CC1. The predicted octanol–water partition coefficient (Wildman–Crippen LogP) is 2.84. The first-order chi connectivity index (χ1) is 12.7. The lowest BCUT2D eigenvalue weighted by atomic mass is 9.83. The van der Waals surface area contributed by atoms with Crippen LogP contribution in [-0.4, -0.2) is 46.9 Å². The number of aryl methyl sites for hydroxylation is 2. The van der Waals surface area contributed by atoms with E-state index in [1.807, 2.05) is 12.3 Å². The van der Waals surface area contributed by atoms with Crippen LogP contribution in [0.3, 0.4) is 0 Å². The van der Waals surface area contributed by atoms with Gasteiger partial charge in [-0.25, -0.2) is 0 Å². The van der Waals surface area contributed by atoms with Crippen molar-refractivity contribution in [1.29, 1.82) is 0 Å². The summed E-state index contributed by atoms with van der Waals surface area (Å²) in [5.41, 5.74) is 5.18. The molecule has 1 unspecified atom stereocenters. The summed E-state index contributed by atoms with van der Waals surface area (Å²) < 4.78 is 0. The lowest BCUT2D eigenvalue weighted by molar-refractivity contribution is -0.137. The summed E-state index contributed by atoms with van der Waals surface area (Å²) in [6, 6.07) is 12.7. The second-order valence-electron chi connectivity index (χ2n) is 7.58. The van der Waals surface area contributed by atoms with Crippen molar-refractivity contribution in [2.75, 3.05) is 26.2 Å². The third kappa shape index (κ3) is 3.65. The number of nitrogens with zero attached hydrogens (tertiary/aromatic N) is 3. The second kappa shape index (κ2) is 7.58. The molecule has 1 aromatic heterocycles. The molecule has 1 atom stereocenters. The van der Waals surface area contributed by atoms with E-state index < -0.39 is 0 Å². The lowest BCUT2D eigenvalue weighted by Crippen LogP contribution is -2.50. The molecule has 1 aliphatic heterocycles. The van der Waals surface area contributed by atoms with Gasteiger partial charge in [-0.05, 0) is 48.9 Å². The fraction of sp³-hybridized carbons (Fsp3) is 0.455. The second-order valence-corrected chi connectivity index (χ2v) is 7.58. The van der Waals surface area contributed by atoms with Crippen LogP contribution in [0.2, 0.25) is 0 Å². The lowest BCUT2D eigenvalue weighted by Gasteiger charge is -2.37. The molecule has 1 aromatic carbocycles. The van der Waals surface area contributed by atoms with Crippen LogP contribution in [0.5, 0.6) is 0 Å². The van der Waals surface area contributed by atoms with Crippen molar-refractivity contribution < 1.29 is 4.79 Å². The molecule has 4 nitrogen and oxygen atoms in total. The minimum atomic E-state index is 0.162. The van der Waals surface area contributed by atoms with Crippen molar-refractivity contribution in [2.24, 2.45) is 5.92 Å². The van der Waals surface area contributed by atoms with Gasteiger partial charge >= 0.3 is 0 Å². The fourth-order valence-electron chi connectivity index (χ4n) is 4.19. The monoisotopic (exact) mass is 349 g/mol. The number of aromatic nitrogens is 1. The van der Waals surface area contributed by atoms with Crippen LogP contribution in [0, 0.1) is 12.8 Å². The fourth-order valence-corrected chi connectivity index (χ4v) is 4.19. The van der Waals surface area contributed by atoms with E-state index in [0.717, 1.165) is 57.7 Å². The Kier molecular flexibility index (Phi) is 5.02. The van der Waals surface area contributed by atoms with Gasteiger partial charge in [0.2, 0.25) is 5.91 Å². The highest BCUT2D eigenvalue weighted by Gasteiger charge is 2.30. The maximum absolute atomic E-state index is 13.0. The van der Waals surface area contributed by atoms with Crippen molar-refractivity contribution in [3.63, 3.8) is 0 Å². The van der Waals surface area contributed by atoms with E-state index in [1.165, 1.54) is 16.7 Å². The van der Waals surface area contributed by atoms with Crippen molar-refractivity contribution in [1.82, 2.24) is 14.8 Å². The van der Waals surface area contributed by atoms with Crippen molar-refractivity contribution >= 4 is 5.91 Å². The highest BCUT2D eigenvalue weighted by atomic mass is 16.2. The molecule has 0 radical (unpaired) electrons. The maximum atomic E-state index is 13.0. The first kappa shape index (κ1) is 17.2. The molecule has 0 spiro atoms. The molecule has 2 aliphatic rings. The van der Waals surface area contributed by atoms with Gasteiger partial charge in [-0.3, -0.25) is 14.7 Å². The van der Waals surface area contributed by atoms with Crippen LogP contribution in [-0.2, 0) is 24.2 Å². The van der Waals surface area contributed by atoms with E-state index in [4.69, 9.17) is 0 Å². The average molecular weight is 349 g/mol. The van der Waals surface area contributed by atoms with Gasteiger partial charge in [0.05, 0.1) is 5.69 Å². The molecule has 26 heavy (non-hydrogen) atoms.